The minimum atomic E-state index is 1.09. The SMILES string of the molecule is C[n+]1ccc(-c2ccc(-c3[nH]c4c5ccc(-c6cccc[n+]6C)cc5c5cc(-c6cccc[n+]6C)ccc5c4[n+]3C)cc2)cc1. The number of pyridine rings is 3. The third-order valence-corrected chi connectivity index (χ3v) is 9.18. The van der Waals surface area contributed by atoms with Crippen molar-refractivity contribution >= 4 is 32.6 Å². The summed E-state index contributed by atoms with van der Waals surface area (Å²) in [5.41, 5.74) is 10.7. The Morgan fingerprint density at radius 3 is 1.56 bits per heavy atom. The zero-order chi connectivity index (χ0) is 30.7. The Labute approximate surface area is 262 Å². The van der Waals surface area contributed by atoms with Gasteiger partial charge in [-0.1, -0.05) is 12.1 Å². The van der Waals surface area contributed by atoms with Crippen LogP contribution < -0.4 is 18.3 Å². The van der Waals surface area contributed by atoms with E-state index in [0.29, 0.717) is 0 Å². The van der Waals surface area contributed by atoms with E-state index in [9.17, 15) is 0 Å². The molecule has 1 N–H and O–H groups in total. The van der Waals surface area contributed by atoms with Gasteiger partial charge in [-0.3, -0.25) is 0 Å². The Bertz CT molecular complexity index is 2400. The summed E-state index contributed by atoms with van der Waals surface area (Å²) < 4.78 is 8.75. The number of hydrogen-bond acceptors (Lipinski definition) is 0. The number of fused-ring (bicyclic) bond motifs is 6. The summed E-state index contributed by atoms with van der Waals surface area (Å²) in [6, 6.07) is 39.7. The van der Waals surface area contributed by atoms with Gasteiger partial charge in [0, 0.05) is 58.3 Å². The van der Waals surface area contributed by atoms with Crippen LogP contribution in [0.4, 0.5) is 0 Å². The van der Waals surface area contributed by atoms with Gasteiger partial charge in [0.2, 0.25) is 11.4 Å². The number of H-pyrrole nitrogens is 1. The number of rotatable bonds is 4. The van der Waals surface area contributed by atoms with Crippen LogP contribution in [0.15, 0.2) is 134 Å². The summed E-state index contributed by atoms with van der Waals surface area (Å²) in [6.07, 6.45) is 8.39. The van der Waals surface area contributed by atoms with E-state index in [0.717, 1.165) is 16.9 Å². The minimum Gasteiger partial charge on any atom is -0.236 e. The molecule has 216 valence electrons. The maximum atomic E-state index is 3.86. The molecule has 0 bridgehead atoms. The second kappa shape index (κ2) is 10.5. The Morgan fingerprint density at radius 1 is 0.444 bits per heavy atom. The highest BCUT2D eigenvalue weighted by Gasteiger charge is 2.25. The average Bonchev–Trinajstić information content (AvgIpc) is 3.42. The quantitative estimate of drug-likeness (QED) is 0.182. The minimum absolute atomic E-state index is 1.09. The van der Waals surface area contributed by atoms with Crippen LogP contribution in [0.2, 0.25) is 0 Å². The van der Waals surface area contributed by atoms with E-state index in [1.54, 1.807) is 0 Å². The lowest BCUT2D eigenvalue weighted by molar-refractivity contribution is -0.671. The molecule has 4 aromatic carbocycles. The summed E-state index contributed by atoms with van der Waals surface area (Å²) in [6.45, 7) is 0. The molecule has 45 heavy (non-hydrogen) atoms. The van der Waals surface area contributed by atoms with E-state index in [-0.39, 0.29) is 0 Å². The Kier molecular flexibility index (Phi) is 6.27. The first-order valence-electron chi connectivity index (χ1n) is 15.3. The lowest BCUT2D eigenvalue weighted by Gasteiger charge is -2.09. The standard InChI is InChI=1S/C40H34N5/c1-42-23-19-28(20-24-42)27-11-13-29(14-12-27)40-41-38-32-17-15-30(36-9-5-7-21-43(36)2)25-34(32)35-26-31(37-10-6-8-22-44(37)3)16-18-33(35)39(38)45(40)4/h5-26H,1-4H3/q+3/p+1. The molecule has 4 aromatic heterocycles. The van der Waals surface area contributed by atoms with E-state index < -0.39 is 0 Å². The molecule has 4 heterocycles. The van der Waals surface area contributed by atoms with Crippen LogP contribution in [-0.2, 0) is 28.2 Å². The summed E-state index contributed by atoms with van der Waals surface area (Å²) in [5, 5.41) is 4.92. The molecule has 0 aliphatic rings. The molecular formula is C40H35N5+4. The van der Waals surface area contributed by atoms with E-state index >= 15 is 0 Å². The molecule has 8 rings (SSSR count). The summed E-state index contributed by atoms with van der Waals surface area (Å²) in [7, 11) is 8.43. The first kappa shape index (κ1) is 26.9. The van der Waals surface area contributed by atoms with E-state index in [2.05, 4.69) is 178 Å². The van der Waals surface area contributed by atoms with Gasteiger partial charge in [0.05, 0.1) is 12.6 Å². The van der Waals surface area contributed by atoms with E-state index in [1.807, 2.05) is 7.05 Å². The first-order valence-corrected chi connectivity index (χ1v) is 15.3. The Balaban J connectivity index is 1.37. The summed E-state index contributed by atoms with van der Waals surface area (Å²) in [4.78, 5) is 3.86. The maximum Gasteiger partial charge on any atom is 0.287 e. The fourth-order valence-corrected chi connectivity index (χ4v) is 6.75. The third kappa shape index (κ3) is 4.47. The Morgan fingerprint density at radius 2 is 0.956 bits per heavy atom. The van der Waals surface area contributed by atoms with Crippen LogP contribution in [0.3, 0.4) is 0 Å². The summed E-state index contributed by atoms with van der Waals surface area (Å²) in [5.74, 6) is 1.09. The predicted molar refractivity (Wildman–Crippen MR) is 180 cm³/mol. The van der Waals surface area contributed by atoms with Gasteiger partial charge < -0.3 is 0 Å². The van der Waals surface area contributed by atoms with Gasteiger partial charge in [-0.05, 0) is 82.6 Å². The number of imidazole rings is 1. The summed E-state index contributed by atoms with van der Waals surface area (Å²) >= 11 is 0. The zero-order valence-corrected chi connectivity index (χ0v) is 26.0. The van der Waals surface area contributed by atoms with Crippen LogP contribution in [-0.4, -0.2) is 4.98 Å². The van der Waals surface area contributed by atoms with Crippen LogP contribution in [0, 0.1) is 0 Å². The normalized spacial score (nSPS) is 11.6. The molecule has 8 aromatic rings. The molecule has 0 radical (unpaired) electrons. The van der Waals surface area contributed by atoms with Crippen molar-refractivity contribution < 1.29 is 18.3 Å². The molecule has 0 aliphatic heterocycles. The molecule has 0 saturated heterocycles. The molecule has 5 heteroatoms. The number of aryl methyl sites for hydroxylation is 4. The largest absolute Gasteiger partial charge is 0.287 e. The van der Waals surface area contributed by atoms with Crippen molar-refractivity contribution in [1.29, 1.82) is 0 Å². The fourth-order valence-electron chi connectivity index (χ4n) is 6.75. The highest BCUT2D eigenvalue weighted by Crippen LogP contribution is 2.38. The highest BCUT2D eigenvalue weighted by molar-refractivity contribution is 6.23. The maximum absolute atomic E-state index is 3.86. The molecule has 0 aliphatic carbocycles. The average molecular weight is 586 g/mol. The lowest BCUT2D eigenvalue weighted by Crippen LogP contribution is -2.30. The monoisotopic (exact) mass is 585 g/mol. The molecule has 0 spiro atoms. The van der Waals surface area contributed by atoms with Crippen molar-refractivity contribution in [3.05, 3.63) is 134 Å². The van der Waals surface area contributed by atoms with Gasteiger partial charge in [0.1, 0.15) is 21.1 Å². The van der Waals surface area contributed by atoms with E-state index in [4.69, 9.17) is 0 Å². The van der Waals surface area contributed by atoms with Crippen molar-refractivity contribution in [2.45, 2.75) is 0 Å². The van der Waals surface area contributed by atoms with Gasteiger partial charge >= 0.3 is 0 Å². The van der Waals surface area contributed by atoms with Gasteiger partial charge in [0.25, 0.3) is 5.82 Å². The molecule has 0 saturated carbocycles. The first-order chi connectivity index (χ1) is 22.0. The number of nitrogens with one attached hydrogen (secondary N) is 1. The second-order valence-corrected chi connectivity index (χ2v) is 12.0. The second-order valence-electron chi connectivity index (χ2n) is 12.0. The van der Waals surface area contributed by atoms with Crippen molar-refractivity contribution in [3.8, 4) is 45.0 Å². The highest BCUT2D eigenvalue weighted by atomic mass is 15.1. The van der Waals surface area contributed by atoms with Gasteiger partial charge in [-0.15, -0.1) is 0 Å². The fraction of sp³-hybridized carbons (Fsp3) is 0.100. The molecule has 5 nitrogen and oxygen atoms in total. The van der Waals surface area contributed by atoms with Crippen LogP contribution >= 0.6 is 0 Å². The number of aromatic amines is 1. The predicted octanol–water partition coefficient (Wildman–Crippen LogP) is 6.44. The van der Waals surface area contributed by atoms with Crippen molar-refractivity contribution in [2.24, 2.45) is 28.2 Å². The topological polar surface area (TPSA) is 31.3 Å². The molecular weight excluding hydrogens is 550 g/mol. The van der Waals surface area contributed by atoms with Gasteiger partial charge in [-0.25, -0.2) is 23.3 Å². The van der Waals surface area contributed by atoms with Gasteiger partial charge in [-0.2, -0.15) is 0 Å². The van der Waals surface area contributed by atoms with Crippen LogP contribution in [0.5, 0.6) is 0 Å². The number of nitrogens with zero attached hydrogens (tertiary/aromatic N) is 4. The number of benzene rings is 4. The van der Waals surface area contributed by atoms with Crippen molar-refractivity contribution in [2.75, 3.05) is 0 Å². The third-order valence-electron chi connectivity index (χ3n) is 9.18. The van der Waals surface area contributed by atoms with Crippen LogP contribution in [0.1, 0.15) is 0 Å². The zero-order valence-electron chi connectivity index (χ0n) is 26.0. The molecule has 0 amide bonds. The number of hydrogen-bond donors (Lipinski definition) is 1. The van der Waals surface area contributed by atoms with Gasteiger partial charge in [0.15, 0.2) is 35.8 Å². The van der Waals surface area contributed by atoms with Crippen molar-refractivity contribution in [3.63, 3.8) is 0 Å². The number of aromatic nitrogens is 5. The lowest BCUT2D eigenvalue weighted by atomic mass is 9.95. The van der Waals surface area contributed by atoms with Crippen molar-refractivity contribution in [1.82, 2.24) is 4.98 Å². The molecule has 0 fully saturated rings. The Hall–Kier alpha value is -5.68. The van der Waals surface area contributed by atoms with Crippen LogP contribution in [0.25, 0.3) is 77.6 Å². The van der Waals surface area contributed by atoms with E-state index in [1.165, 1.54) is 60.7 Å². The molecule has 0 unspecified atom stereocenters. The smallest absolute Gasteiger partial charge is 0.236 e. The molecule has 0 atom stereocenters.